The molecule has 2 rings (SSSR count). The molecular formula is C16H25N3O2. The molecule has 0 unspecified atom stereocenters. The van der Waals surface area contributed by atoms with Crippen LogP contribution in [0.15, 0.2) is 18.2 Å². The summed E-state index contributed by atoms with van der Waals surface area (Å²) in [7, 11) is 0. The number of hydrogen-bond donors (Lipinski definition) is 3. The van der Waals surface area contributed by atoms with E-state index in [4.69, 9.17) is 10.5 Å². The maximum Gasteiger partial charge on any atom is 0.220 e. The van der Waals surface area contributed by atoms with Gasteiger partial charge in [0.1, 0.15) is 5.75 Å². The third-order valence-corrected chi connectivity index (χ3v) is 3.27. The highest BCUT2D eigenvalue weighted by molar-refractivity contribution is 5.76. The minimum atomic E-state index is 0.0914. The molecule has 0 spiro atoms. The summed E-state index contributed by atoms with van der Waals surface area (Å²) in [4.78, 5) is 11.6. The maximum absolute atomic E-state index is 11.6. The Balaban J connectivity index is 1.75. The molecule has 0 heterocycles. The second-order valence-corrected chi connectivity index (χ2v) is 5.76. The smallest absolute Gasteiger partial charge is 0.220 e. The van der Waals surface area contributed by atoms with Crippen LogP contribution in [-0.2, 0) is 4.79 Å². The van der Waals surface area contributed by atoms with Gasteiger partial charge in [-0.05, 0) is 45.2 Å². The predicted molar refractivity (Wildman–Crippen MR) is 85.5 cm³/mol. The molecule has 1 aromatic rings. The monoisotopic (exact) mass is 291 g/mol. The Bertz CT molecular complexity index is 484. The normalized spacial score (nSPS) is 14.0. The Morgan fingerprint density at radius 2 is 2.19 bits per heavy atom. The lowest BCUT2D eigenvalue weighted by molar-refractivity contribution is -0.121. The SMILES string of the molecule is CC(C)Oc1cccc(NCCCC(=O)NC2CC2)c1N. The number of hydrogen-bond acceptors (Lipinski definition) is 4. The van der Waals surface area contributed by atoms with Crippen molar-refractivity contribution in [1.29, 1.82) is 0 Å². The zero-order chi connectivity index (χ0) is 15.2. The van der Waals surface area contributed by atoms with Crippen molar-refractivity contribution in [3.8, 4) is 5.75 Å². The van der Waals surface area contributed by atoms with E-state index in [1.165, 1.54) is 0 Å². The first-order valence-corrected chi connectivity index (χ1v) is 7.64. The average molecular weight is 291 g/mol. The van der Waals surface area contributed by atoms with Crippen LogP contribution in [0.1, 0.15) is 39.5 Å². The number of carbonyl (C=O) groups excluding carboxylic acids is 1. The predicted octanol–water partition coefficient (Wildman–Crippen LogP) is 2.53. The Morgan fingerprint density at radius 1 is 1.43 bits per heavy atom. The van der Waals surface area contributed by atoms with Gasteiger partial charge in [-0.25, -0.2) is 0 Å². The molecule has 1 aromatic carbocycles. The fourth-order valence-electron chi connectivity index (χ4n) is 2.05. The molecule has 1 aliphatic rings. The Labute approximate surface area is 126 Å². The van der Waals surface area contributed by atoms with Crippen molar-refractivity contribution in [2.45, 2.75) is 51.7 Å². The lowest BCUT2D eigenvalue weighted by Gasteiger charge is -2.15. The molecule has 1 aliphatic carbocycles. The van der Waals surface area contributed by atoms with Crippen molar-refractivity contribution in [2.75, 3.05) is 17.6 Å². The first kappa shape index (κ1) is 15.5. The van der Waals surface area contributed by atoms with Crippen LogP contribution in [0.5, 0.6) is 5.75 Å². The van der Waals surface area contributed by atoms with Crippen molar-refractivity contribution in [3.63, 3.8) is 0 Å². The van der Waals surface area contributed by atoms with Crippen LogP contribution in [0.4, 0.5) is 11.4 Å². The number of nitrogens with two attached hydrogens (primary N) is 1. The molecule has 21 heavy (non-hydrogen) atoms. The summed E-state index contributed by atoms with van der Waals surface area (Å²) in [5.74, 6) is 0.839. The summed E-state index contributed by atoms with van der Waals surface area (Å²) in [6.45, 7) is 4.66. The number of amides is 1. The van der Waals surface area contributed by atoms with Crippen LogP contribution in [0.3, 0.4) is 0 Å². The lowest BCUT2D eigenvalue weighted by atomic mass is 10.2. The molecule has 1 amide bonds. The van der Waals surface area contributed by atoms with Crippen LogP contribution in [0, 0.1) is 0 Å². The highest BCUT2D eigenvalue weighted by Gasteiger charge is 2.22. The van der Waals surface area contributed by atoms with E-state index in [-0.39, 0.29) is 12.0 Å². The molecule has 1 saturated carbocycles. The number of carbonyl (C=O) groups is 1. The van der Waals surface area contributed by atoms with Crippen LogP contribution >= 0.6 is 0 Å². The number of nitrogens with one attached hydrogen (secondary N) is 2. The van der Waals surface area contributed by atoms with Gasteiger partial charge in [0, 0.05) is 19.0 Å². The van der Waals surface area contributed by atoms with Crippen LogP contribution in [-0.4, -0.2) is 24.6 Å². The summed E-state index contributed by atoms with van der Waals surface area (Å²) in [6, 6.07) is 6.14. The highest BCUT2D eigenvalue weighted by Crippen LogP contribution is 2.30. The van der Waals surface area contributed by atoms with Gasteiger partial charge in [-0.1, -0.05) is 6.07 Å². The molecule has 5 nitrogen and oxygen atoms in total. The summed E-state index contributed by atoms with van der Waals surface area (Å²) in [5.41, 5.74) is 7.56. The van der Waals surface area contributed by atoms with Gasteiger partial charge < -0.3 is 21.1 Å². The summed E-state index contributed by atoms with van der Waals surface area (Å²) >= 11 is 0. The van der Waals surface area contributed by atoms with Crippen LogP contribution < -0.4 is 21.1 Å². The quantitative estimate of drug-likeness (QED) is 0.508. The average Bonchev–Trinajstić information content (AvgIpc) is 3.22. The third-order valence-electron chi connectivity index (χ3n) is 3.27. The van der Waals surface area contributed by atoms with Crippen molar-refractivity contribution in [2.24, 2.45) is 0 Å². The number of ether oxygens (including phenoxy) is 1. The van der Waals surface area contributed by atoms with Crippen LogP contribution in [0.25, 0.3) is 0 Å². The van der Waals surface area contributed by atoms with Crippen molar-refractivity contribution in [1.82, 2.24) is 5.32 Å². The van der Waals surface area contributed by atoms with Crippen molar-refractivity contribution >= 4 is 17.3 Å². The minimum Gasteiger partial charge on any atom is -0.489 e. The maximum atomic E-state index is 11.6. The first-order chi connectivity index (χ1) is 10.1. The van der Waals surface area contributed by atoms with E-state index < -0.39 is 0 Å². The van der Waals surface area contributed by atoms with Gasteiger partial charge in [-0.2, -0.15) is 0 Å². The van der Waals surface area contributed by atoms with Crippen molar-refractivity contribution in [3.05, 3.63) is 18.2 Å². The topological polar surface area (TPSA) is 76.4 Å². The molecule has 0 aromatic heterocycles. The van der Waals surface area contributed by atoms with Gasteiger partial charge in [0.25, 0.3) is 0 Å². The largest absolute Gasteiger partial charge is 0.489 e. The van der Waals surface area contributed by atoms with Gasteiger partial charge in [-0.3, -0.25) is 4.79 Å². The number of nitrogen functional groups attached to an aromatic ring is 1. The van der Waals surface area contributed by atoms with Crippen LogP contribution in [0.2, 0.25) is 0 Å². The summed E-state index contributed by atoms with van der Waals surface area (Å²) < 4.78 is 5.65. The Hall–Kier alpha value is -1.91. The van der Waals surface area contributed by atoms with E-state index in [1.54, 1.807) is 0 Å². The summed E-state index contributed by atoms with van der Waals surface area (Å²) in [6.07, 6.45) is 3.68. The number of anilines is 2. The Kier molecular flexibility index (Phi) is 5.31. The van der Waals surface area contributed by atoms with E-state index in [1.807, 2.05) is 32.0 Å². The Morgan fingerprint density at radius 3 is 2.86 bits per heavy atom. The number of rotatable bonds is 8. The zero-order valence-electron chi connectivity index (χ0n) is 12.8. The van der Waals surface area contributed by atoms with Gasteiger partial charge in [0.05, 0.1) is 17.5 Å². The van der Waals surface area contributed by atoms with E-state index >= 15 is 0 Å². The van der Waals surface area contributed by atoms with E-state index in [0.717, 1.165) is 24.9 Å². The fourth-order valence-corrected chi connectivity index (χ4v) is 2.05. The van der Waals surface area contributed by atoms with Crippen molar-refractivity contribution < 1.29 is 9.53 Å². The standard InChI is InChI=1S/C16H25N3O2/c1-11(2)21-14-6-3-5-13(16(14)17)18-10-4-7-15(20)19-12-8-9-12/h3,5-6,11-12,18H,4,7-10,17H2,1-2H3,(H,19,20). The van der Waals surface area contributed by atoms with Gasteiger partial charge in [0.2, 0.25) is 5.91 Å². The molecule has 0 atom stereocenters. The molecule has 0 saturated heterocycles. The van der Waals surface area contributed by atoms with E-state index in [9.17, 15) is 4.79 Å². The summed E-state index contributed by atoms with van der Waals surface area (Å²) in [5, 5.41) is 6.25. The number of benzene rings is 1. The van der Waals surface area contributed by atoms with E-state index in [2.05, 4.69) is 10.6 Å². The highest BCUT2D eigenvalue weighted by atomic mass is 16.5. The van der Waals surface area contributed by atoms with Gasteiger partial charge in [-0.15, -0.1) is 0 Å². The molecule has 116 valence electrons. The minimum absolute atomic E-state index is 0.0914. The molecule has 0 radical (unpaired) electrons. The zero-order valence-corrected chi connectivity index (χ0v) is 12.8. The molecule has 0 aliphatic heterocycles. The fraction of sp³-hybridized carbons (Fsp3) is 0.562. The third kappa shape index (κ3) is 5.17. The second kappa shape index (κ2) is 7.20. The first-order valence-electron chi connectivity index (χ1n) is 7.64. The molecule has 5 heteroatoms. The second-order valence-electron chi connectivity index (χ2n) is 5.76. The molecular weight excluding hydrogens is 266 g/mol. The van der Waals surface area contributed by atoms with Gasteiger partial charge >= 0.3 is 0 Å². The van der Waals surface area contributed by atoms with Gasteiger partial charge in [0.15, 0.2) is 0 Å². The molecule has 1 fully saturated rings. The van der Waals surface area contributed by atoms with E-state index in [0.29, 0.717) is 30.4 Å². The molecule has 4 N–H and O–H groups in total. The number of para-hydroxylation sites is 1. The lowest BCUT2D eigenvalue weighted by Crippen LogP contribution is -2.25. The molecule has 0 bridgehead atoms.